The Balaban J connectivity index is 1.90. The van der Waals surface area contributed by atoms with E-state index in [9.17, 15) is 23.2 Å². The molecule has 3 aromatic rings. The molecular formula is C25H17Cl4F3N2O3. The number of nitrogens with zero attached hydrogens (tertiary/aromatic N) is 2. The third-order valence-electron chi connectivity index (χ3n) is 5.31. The van der Waals surface area contributed by atoms with Gasteiger partial charge in [0.05, 0.1) is 16.7 Å². The SMILES string of the molecule is CC(C)(Oc1cc(Oc2ncc(C(F)(F)F)cc2Cl)ccc1Cl)C(=O)C(C)(C#N)c1ccc(Cl)cc1Cl. The summed E-state index contributed by atoms with van der Waals surface area (Å²) in [6, 6.07) is 11.2. The molecule has 12 heteroatoms. The monoisotopic (exact) mass is 590 g/mol. The van der Waals surface area contributed by atoms with Gasteiger partial charge in [0.25, 0.3) is 0 Å². The molecule has 0 spiro atoms. The largest absolute Gasteiger partial charge is 0.478 e. The maximum Gasteiger partial charge on any atom is 0.417 e. The zero-order valence-electron chi connectivity index (χ0n) is 19.4. The number of ketones is 1. The first-order chi connectivity index (χ1) is 17.1. The molecule has 1 aromatic heterocycles. The van der Waals surface area contributed by atoms with Gasteiger partial charge in [0, 0.05) is 22.3 Å². The van der Waals surface area contributed by atoms with Crippen LogP contribution < -0.4 is 9.47 Å². The number of ether oxygens (including phenoxy) is 2. The van der Waals surface area contributed by atoms with E-state index >= 15 is 0 Å². The lowest BCUT2D eigenvalue weighted by atomic mass is 9.74. The Morgan fingerprint density at radius 2 is 1.62 bits per heavy atom. The molecular weight excluding hydrogens is 575 g/mol. The summed E-state index contributed by atoms with van der Waals surface area (Å²) in [6.45, 7) is 4.31. The van der Waals surface area contributed by atoms with Gasteiger partial charge >= 0.3 is 6.18 Å². The number of benzene rings is 2. The summed E-state index contributed by atoms with van der Waals surface area (Å²) in [6.07, 6.45) is -4.04. The van der Waals surface area contributed by atoms with Crippen LogP contribution in [-0.2, 0) is 16.4 Å². The van der Waals surface area contributed by atoms with Gasteiger partial charge in [-0.3, -0.25) is 4.79 Å². The van der Waals surface area contributed by atoms with Crippen LogP contribution in [-0.4, -0.2) is 16.4 Å². The van der Waals surface area contributed by atoms with Gasteiger partial charge in [0.1, 0.15) is 21.9 Å². The number of carbonyl (C=O) groups excluding carboxylic acids is 1. The summed E-state index contributed by atoms with van der Waals surface area (Å²) in [5.41, 5.74) is -4.09. The van der Waals surface area contributed by atoms with Crippen molar-refractivity contribution in [3.05, 3.63) is 79.9 Å². The number of hydrogen-bond donors (Lipinski definition) is 0. The van der Waals surface area contributed by atoms with Crippen LogP contribution in [0.5, 0.6) is 17.4 Å². The van der Waals surface area contributed by atoms with Crippen LogP contribution in [0.4, 0.5) is 13.2 Å². The number of alkyl halides is 3. The molecule has 0 aliphatic rings. The van der Waals surface area contributed by atoms with E-state index in [1.54, 1.807) is 0 Å². The van der Waals surface area contributed by atoms with Crippen molar-refractivity contribution >= 4 is 52.2 Å². The van der Waals surface area contributed by atoms with Crippen LogP contribution in [0.3, 0.4) is 0 Å². The van der Waals surface area contributed by atoms with Crippen molar-refractivity contribution in [3.63, 3.8) is 0 Å². The van der Waals surface area contributed by atoms with Crippen molar-refractivity contribution in [3.8, 4) is 23.4 Å². The van der Waals surface area contributed by atoms with E-state index < -0.39 is 28.5 Å². The van der Waals surface area contributed by atoms with Crippen molar-refractivity contribution in [1.82, 2.24) is 4.98 Å². The number of rotatable bonds is 7. The predicted molar refractivity (Wildman–Crippen MR) is 135 cm³/mol. The Bertz CT molecular complexity index is 1410. The highest BCUT2D eigenvalue weighted by molar-refractivity contribution is 6.35. The first-order valence-electron chi connectivity index (χ1n) is 10.4. The standard InChI is InChI=1S/C25H17Cl4F3N2O3/c1-23(2,22(35)24(3,12-33)16-6-4-14(26)9-18(16)28)37-20-10-15(5-7-17(20)27)36-21-19(29)8-13(11-34-21)25(30,31)32/h4-11H,1-3H3. The van der Waals surface area contributed by atoms with Crippen LogP contribution in [0.2, 0.25) is 20.1 Å². The van der Waals surface area contributed by atoms with Crippen LogP contribution >= 0.6 is 46.4 Å². The van der Waals surface area contributed by atoms with E-state index in [1.807, 2.05) is 6.07 Å². The van der Waals surface area contributed by atoms with Gasteiger partial charge in [0.2, 0.25) is 5.88 Å². The predicted octanol–water partition coefficient (Wildman–Crippen LogP) is 8.71. The molecule has 0 aliphatic carbocycles. The van der Waals surface area contributed by atoms with E-state index in [0.717, 1.165) is 0 Å². The lowest BCUT2D eigenvalue weighted by Gasteiger charge is -2.33. The second-order valence-electron chi connectivity index (χ2n) is 8.51. The highest BCUT2D eigenvalue weighted by atomic mass is 35.5. The van der Waals surface area contributed by atoms with E-state index in [4.69, 9.17) is 55.9 Å². The molecule has 194 valence electrons. The number of Topliss-reactive ketones (excluding diaryl/α,β-unsaturated/α-hetero) is 1. The molecule has 0 amide bonds. The lowest BCUT2D eigenvalue weighted by molar-refractivity contribution is -0.138. The lowest BCUT2D eigenvalue weighted by Crippen LogP contribution is -2.49. The second-order valence-corrected chi connectivity index (χ2v) is 10.2. The van der Waals surface area contributed by atoms with Crippen LogP contribution in [0.25, 0.3) is 0 Å². The third kappa shape index (κ3) is 6.24. The maximum absolute atomic E-state index is 13.6. The molecule has 2 aromatic carbocycles. The average molecular weight is 592 g/mol. The normalized spacial score (nSPS) is 13.4. The molecule has 37 heavy (non-hydrogen) atoms. The van der Waals surface area contributed by atoms with Crippen molar-refractivity contribution in [2.45, 2.75) is 38.0 Å². The molecule has 1 unspecified atom stereocenters. The molecule has 1 heterocycles. The van der Waals surface area contributed by atoms with Crippen LogP contribution in [0, 0.1) is 11.3 Å². The molecule has 5 nitrogen and oxygen atoms in total. The number of pyridine rings is 1. The minimum absolute atomic E-state index is 0.00282. The minimum Gasteiger partial charge on any atom is -0.478 e. The van der Waals surface area contributed by atoms with Crippen molar-refractivity contribution in [1.29, 1.82) is 5.26 Å². The molecule has 0 saturated carbocycles. The topological polar surface area (TPSA) is 72.2 Å². The number of aromatic nitrogens is 1. The minimum atomic E-state index is -4.62. The molecule has 0 bridgehead atoms. The quantitative estimate of drug-likeness (QED) is 0.275. The Kier molecular flexibility index (Phi) is 8.25. The first-order valence-corrected chi connectivity index (χ1v) is 11.9. The van der Waals surface area contributed by atoms with Gasteiger partial charge < -0.3 is 9.47 Å². The third-order valence-corrected chi connectivity index (χ3v) is 6.44. The van der Waals surface area contributed by atoms with Gasteiger partial charge in [-0.15, -0.1) is 0 Å². The fraction of sp³-hybridized carbons (Fsp3) is 0.240. The van der Waals surface area contributed by atoms with Gasteiger partial charge in [-0.05, 0) is 56.7 Å². The van der Waals surface area contributed by atoms with E-state index in [0.29, 0.717) is 17.3 Å². The highest BCUT2D eigenvalue weighted by Gasteiger charge is 2.47. The zero-order valence-corrected chi connectivity index (χ0v) is 22.4. The summed E-state index contributed by atoms with van der Waals surface area (Å²) in [5, 5.41) is 10.1. The van der Waals surface area contributed by atoms with Crippen LogP contribution in [0.15, 0.2) is 48.7 Å². The molecule has 0 fully saturated rings. The number of nitriles is 1. The number of carbonyl (C=O) groups is 1. The number of halogens is 7. The Hall–Kier alpha value is -2.70. The van der Waals surface area contributed by atoms with Crippen LogP contribution in [0.1, 0.15) is 31.9 Å². The van der Waals surface area contributed by atoms with E-state index in [1.165, 1.54) is 57.2 Å². The molecule has 1 atom stereocenters. The Labute approximate surface area is 230 Å². The van der Waals surface area contributed by atoms with E-state index in [-0.39, 0.29) is 38.0 Å². The average Bonchev–Trinajstić information content (AvgIpc) is 2.80. The second kappa shape index (κ2) is 10.6. The molecule has 0 saturated heterocycles. The first kappa shape index (κ1) is 28.9. The van der Waals surface area contributed by atoms with Gasteiger partial charge in [-0.25, -0.2) is 4.98 Å². The fourth-order valence-corrected chi connectivity index (χ4v) is 4.40. The summed E-state index contributed by atoms with van der Waals surface area (Å²) in [5.74, 6) is -0.835. The van der Waals surface area contributed by atoms with Crippen molar-refractivity contribution < 1.29 is 27.4 Å². The zero-order chi connectivity index (χ0) is 27.8. The van der Waals surface area contributed by atoms with Gasteiger partial charge in [-0.1, -0.05) is 52.5 Å². The maximum atomic E-state index is 13.6. The van der Waals surface area contributed by atoms with Crippen molar-refractivity contribution in [2.24, 2.45) is 0 Å². The van der Waals surface area contributed by atoms with Gasteiger partial charge in [-0.2, -0.15) is 18.4 Å². The fourth-order valence-electron chi connectivity index (χ4n) is 3.44. The molecule has 0 N–H and O–H groups in total. The summed E-state index contributed by atoms with van der Waals surface area (Å²) in [4.78, 5) is 17.2. The molecule has 0 radical (unpaired) electrons. The van der Waals surface area contributed by atoms with Gasteiger partial charge in [0.15, 0.2) is 11.4 Å². The highest BCUT2D eigenvalue weighted by Crippen LogP contribution is 2.40. The van der Waals surface area contributed by atoms with Crippen molar-refractivity contribution in [2.75, 3.05) is 0 Å². The Morgan fingerprint density at radius 1 is 0.946 bits per heavy atom. The number of hydrogen-bond acceptors (Lipinski definition) is 5. The molecule has 3 rings (SSSR count). The molecule has 0 aliphatic heterocycles. The summed E-state index contributed by atoms with van der Waals surface area (Å²) in [7, 11) is 0. The summed E-state index contributed by atoms with van der Waals surface area (Å²) < 4.78 is 50.1. The summed E-state index contributed by atoms with van der Waals surface area (Å²) >= 11 is 24.4. The Morgan fingerprint density at radius 3 is 2.19 bits per heavy atom. The smallest absolute Gasteiger partial charge is 0.417 e. The van der Waals surface area contributed by atoms with E-state index in [2.05, 4.69) is 4.98 Å².